The number of hydrogen-bond donors (Lipinski definition) is 0. The van der Waals surface area contributed by atoms with E-state index in [1.807, 2.05) is 11.9 Å². The molecular formula is C9H13ClN2O2. The minimum atomic E-state index is 0.372. The second-order valence-electron chi connectivity index (χ2n) is 3.38. The normalized spacial score (nSPS) is 21.4. The number of aromatic nitrogens is 1. The molecule has 0 spiro atoms. The van der Waals surface area contributed by atoms with E-state index in [9.17, 15) is 0 Å². The van der Waals surface area contributed by atoms with Crippen molar-refractivity contribution >= 4 is 17.6 Å². The summed E-state index contributed by atoms with van der Waals surface area (Å²) in [6, 6.07) is 0.993. The molecule has 1 aromatic rings. The maximum Gasteiger partial charge on any atom is 0.297 e. The monoisotopic (exact) mass is 216 g/mol. The molecule has 0 N–H and O–H groups in total. The maximum atomic E-state index is 5.64. The van der Waals surface area contributed by atoms with Crippen LogP contribution in [0.15, 0.2) is 10.7 Å². The molecule has 4 nitrogen and oxygen atoms in total. The van der Waals surface area contributed by atoms with Crippen LogP contribution in [-0.2, 0) is 10.6 Å². The Hall–Kier alpha value is -0.740. The molecule has 0 amide bonds. The first-order valence-corrected chi connectivity index (χ1v) is 5.15. The highest BCUT2D eigenvalue weighted by Crippen LogP contribution is 2.19. The van der Waals surface area contributed by atoms with E-state index in [0.717, 1.165) is 25.3 Å². The summed E-state index contributed by atoms with van der Waals surface area (Å²) in [5.74, 6) is 0.387. The number of nitrogens with zero attached hydrogens (tertiary/aromatic N) is 2. The SMILES string of the molecule is CN(c1nc(CCl)co1)C1CCOC1. The van der Waals surface area contributed by atoms with Crippen molar-refractivity contribution in [2.24, 2.45) is 0 Å². The fraction of sp³-hybridized carbons (Fsp3) is 0.667. The van der Waals surface area contributed by atoms with Crippen molar-refractivity contribution in [2.75, 3.05) is 25.2 Å². The Morgan fingerprint density at radius 2 is 2.57 bits per heavy atom. The molecule has 14 heavy (non-hydrogen) atoms. The molecule has 1 unspecified atom stereocenters. The zero-order valence-electron chi connectivity index (χ0n) is 8.07. The molecule has 0 aliphatic carbocycles. The smallest absolute Gasteiger partial charge is 0.297 e. The molecule has 0 bridgehead atoms. The summed E-state index contributed by atoms with van der Waals surface area (Å²) in [4.78, 5) is 6.25. The summed E-state index contributed by atoms with van der Waals surface area (Å²) in [6.45, 7) is 1.56. The summed E-state index contributed by atoms with van der Waals surface area (Å²) in [7, 11) is 1.96. The molecule has 1 atom stereocenters. The summed E-state index contributed by atoms with van der Waals surface area (Å²) in [5.41, 5.74) is 0.771. The Bertz CT molecular complexity index is 297. The number of hydrogen-bond acceptors (Lipinski definition) is 4. The molecule has 1 saturated heterocycles. The van der Waals surface area contributed by atoms with Crippen LogP contribution in [0.1, 0.15) is 12.1 Å². The van der Waals surface area contributed by atoms with Crippen LogP contribution in [0, 0.1) is 0 Å². The maximum absolute atomic E-state index is 5.64. The lowest BCUT2D eigenvalue weighted by atomic mass is 10.2. The van der Waals surface area contributed by atoms with E-state index in [1.165, 1.54) is 0 Å². The van der Waals surface area contributed by atoms with Gasteiger partial charge in [-0.2, -0.15) is 4.98 Å². The molecular weight excluding hydrogens is 204 g/mol. The van der Waals surface area contributed by atoms with Crippen LogP contribution < -0.4 is 4.90 Å². The first kappa shape index (κ1) is 9.80. The minimum absolute atomic E-state index is 0.372. The molecule has 0 saturated carbocycles. The quantitative estimate of drug-likeness (QED) is 0.720. The van der Waals surface area contributed by atoms with Crippen LogP contribution >= 0.6 is 11.6 Å². The van der Waals surface area contributed by atoms with Gasteiger partial charge in [0.15, 0.2) is 0 Å². The minimum Gasteiger partial charge on any atom is -0.432 e. The van der Waals surface area contributed by atoms with E-state index in [1.54, 1.807) is 6.26 Å². The van der Waals surface area contributed by atoms with Crippen LogP contribution in [0.5, 0.6) is 0 Å². The average molecular weight is 217 g/mol. The molecule has 5 heteroatoms. The number of rotatable bonds is 3. The van der Waals surface area contributed by atoms with Crippen molar-refractivity contribution in [1.29, 1.82) is 0 Å². The van der Waals surface area contributed by atoms with E-state index in [0.29, 0.717) is 17.9 Å². The number of ether oxygens (including phenoxy) is 1. The van der Waals surface area contributed by atoms with Crippen molar-refractivity contribution in [3.05, 3.63) is 12.0 Å². The van der Waals surface area contributed by atoms with Crippen molar-refractivity contribution < 1.29 is 9.15 Å². The highest BCUT2D eigenvalue weighted by molar-refractivity contribution is 6.16. The number of alkyl halides is 1. The third kappa shape index (κ3) is 1.86. The van der Waals surface area contributed by atoms with Crippen LogP contribution in [0.2, 0.25) is 0 Å². The lowest BCUT2D eigenvalue weighted by molar-refractivity contribution is 0.193. The fourth-order valence-electron chi connectivity index (χ4n) is 1.50. The zero-order chi connectivity index (χ0) is 9.97. The predicted molar refractivity (Wildman–Crippen MR) is 53.7 cm³/mol. The molecule has 0 radical (unpaired) electrons. The van der Waals surface area contributed by atoms with E-state index in [4.69, 9.17) is 20.8 Å². The van der Waals surface area contributed by atoms with Crippen molar-refractivity contribution in [1.82, 2.24) is 4.98 Å². The van der Waals surface area contributed by atoms with Crippen LogP contribution in [-0.4, -0.2) is 31.3 Å². The van der Waals surface area contributed by atoms with Crippen LogP contribution in [0.3, 0.4) is 0 Å². The van der Waals surface area contributed by atoms with Gasteiger partial charge in [0.2, 0.25) is 0 Å². The van der Waals surface area contributed by atoms with Gasteiger partial charge in [0.25, 0.3) is 6.01 Å². The first-order valence-electron chi connectivity index (χ1n) is 4.62. The molecule has 2 rings (SSSR count). The Kier molecular flexibility index (Phi) is 2.93. The van der Waals surface area contributed by atoms with E-state index >= 15 is 0 Å². The number of anilines is 1. The Balaban J connectivity index is 2.05. The lowest BCUT2D eigenvalue weighted by Gasteiger charge is -2.20. The summed E-state index contributed by atoms with van der Waals surface area (Å²) in [6.07, 6.45) is 2.61. The van der Waals surface area contributed by atoms with E-state index in [-0.39, 0.29) is 0 Å². The van der Waals surface area contributed by atoms with Crippen molar-refractivity contribution in [3.8, 4) is 0 Å². The van der Waals surface area contributed by atoms with Gasteiger partial charge < -0.3 is 14.1 Å². The Morgan fingerprint density at radius 1 is 1.71 bits per heavy atom. The zero-order valence-corrected chi connectivity index (χ0v) is 8.83. The summed E-state index contributed by atoms with van der Waals surface area (Å²) >= 11 is 5.64. The Morgan fingerprint density at radius 3 is 3.14 bits per heavy atom. The summed E-state index contributed by atoms with van der Waals surface area (Å²) in [5, 5.41) is 0. The fourth-order valence-corrected chi connectivity index (χ4v) is 1.63. The van der Waals surface area contributed by atoms with Gasteiger partial charge in [0, 0.05) is 13.7 Å². The lowest BCUT2D eigenvalue weighted by Crippen LogP contribution is -2.31. The molecule has 2 heterocycles. The molecule has 0 aromatic carbocycles. The first-order chi connectivity index (χ1) is 6.81. The van der Waals surface area contributed by atoms with Gasteiger partial charge in [-0.15, -0.1) is 11.6 Å². The third-order valence-corrected chi connectivity index (χ3v) is 2.71. The second kappa shape index (κ2) is 4.19. The van der Waals surface area contributed by atoms with Crippen molar-refractivity contribution in [3.63, 3.8) is 0 Å². The van der Waals surface area contributed by atoms with Gasteiger partial charge in [0.1, 0.15) is 6.26 Å². The highest BCUT2D eigenvalue weighted by atomic mass is 35.5. The molecule has 1 aliphatic heterocycles. The molecule has 78 valence electrons. The highest BCUT2D eigenvalue weighted by Gasteiger charge is 2.23. The van der Waals surface area contributed by atoms with Gasteiger partial charge >= 0.3 is 0 Å². The van der Waals surface area contributed by atoms with Crippen LogP contribution in [0.4, 0.5) is 6.01 Å². The van der Waals surface area contributed by atoms with E-state index in [2.05, 4.69) is 4.98 Å². The van der Waals surface area contributed by atoms with Gasteiger partial charge in [-0.1, -0.05) is 0 Å². The van der Waals surface area contributed by atoms with Crippen molar-refractivity contribution in [2.45, 2.75) is 18.3 Å². The Labute approximate surface area is 87.8 Å². The molecule has 1 aromatic heterocycles. The van der Waals surface area contributed by atoms with Gasteiger partial charge in [-0.3, -0.25) is 0 Å². The number of likely N-dealkylation sites (N-methyl/N-ethyl adjacent to an activating group) is 1. The third-order valence-electron chi connectivity index (χ3n) is 2.43. The number of halogens is 1. The average Bonchev–Trinajstić information content (AvgIpc) is 2.88. The van der Waals surface area contributed by atoms with Gasteiger partial charge in [-0.05, 0) is 6.42 Å². The predicted octanol–water partition coefficient (Wildman–Crippen LogP) is 1.64. The van der Waals surface area contributed by atoms with Gasteiger partial charge in [-0.25, -0.2) is 0 Å². The van der Waals surface area contributed by atoms with Crippen LogP contribution in [0.25, 0.3) is 0 Å². The van der Waals surface area contributed by atoms with E-state index < -0.39 is 0 Å². The number of oxazole rings is 1. The largest absolute Gasteiger partial charge is 0.432 e. The topological polar surface area (TPSA) is 38.5 Å². The van der Waals surface area contributed by atoms with Gasteiger partial charge in [0.05, 0.1) is 24.2 Å². The second-order valence-corrected chi connectivity index (χ2v) is 3.65. The summed E-state index contributed by atoms with van der Waals surface area (Å²) < 4.78 is 10.6. The molecule has 1 aliphatic rings. The molecule has 1 fully saturated rings. The standard InChI is InChI=1S/C9H13ClN2O2/c1-12(8-2-3-13-6-8)9-11-7(4-10)5-14-9/h5,8H,2-4,6H2,1H3.